The molecule has 4 atom stereocenters. The van der Waals surface area contributed by atoms with Gasteiger partial charge in [-0.15, -0.1) is 0 Å². The molecule has 0 aliphatic carbocycles. The molecule has 2 aliphatic rings. The number of hydrogen-bond acceptors (Lipinski definition) is 6. The third-order valence-corrected chi connectivity index (χ3v) is 3.48. The molecular weight excluding hydrogens is 268 g/mol. The summed E-state index contributed by atoms with van der Waals surface area (Å²) in [6, 6.07) is 0. The first kappa shape index (κ1) is 14.5. The van der Waals surface area contributed by atoms with E-state index < -0.39 is 36.5 Å². The molecule has 0 unspecified atom stereocenters. The number of amides is 1. The lowest BCUT2D eigenvalue weighted by atomic mass is 9.92. The lowest BCUT2D eigenvalue weighted by molar-refractivity contribution is -0.146. The third kappa shape index (κ3) is 2.16. The molecule has 0 spiro atoms. The van der Waals surface area contributed by atoms with Crippen LogP contribution in [0.15, 0.2) is 17.4 Å². The Morgan fingerprint density at radius 2 is 2.35 bits per heavy atom. The minimum atomic E-state index is -1.46. The lowest BCUT2D eigenvalue weighted by Crippen LogP contribution is -2.52. The van der Waals surface area contributed by atoms with Gasteiger partial charge in [0.1, 0.15) is 11.6 Å². The number of aliphatic hydroxyl groups is 2. The van der Waals surface area contributed by atoms with Crippen LogP contribution in [-0.2, 0) is 14.3 Å². The maximum atomic E-state index is 11.9. The second-order valence-corrected chi connectivity index (χ2v) is 4.83. The number of hydrogen-bond donors (Lipinski definition) is 2. The number of rotatable bonds is 3. The van der Waals surface area contributed by atoms with E-state index in [1.807, 2.05) is 0 Å². The van der Waals surface area contributed by atoms with Crippen molar-refractivity contribution in [2.24, 2.45) is 5.11 Å². The van der Waals surface area contributed by atoms with Crippen LogP contribution in [0, 0.1) is 0 Å². The van der Waals surface area contributed by atoms with E-state index in [0.29, 0.717) is 0 Å². The minimum Gasteiger partial charge on any atom is -0.394 e. The lowest BCUT2D eigenvalue weighted by Gasteiger charge is -2.35. The zero-order chi connectivity index (χ0) is 14.9. The molecule has 0 aromatic heterocycles. The van der Waals surface area contributed by atoms with E-state index in [1.165, 1.54) is 19.2 Å². The van der Waals surface area contributed by atoms with Crippen molar-refractivity contribution in [2.45, 2.75) is 37.3 Å². The molecule has 2 aliphatic heterocycles. The number of nitrogens with zero attached hydrogens (tertiary/aromatic N) is 4. The summed E-state index contributed by atoms with van der Waals surface area (Å²) >= 11 is 0. The molecule has 2 rings (SSSR count). The van der Waals surface area contributed by atoms with E-state index in [9.17, 15) is 14.7 Å². The van der Waals surface area contributed by atoms with Crippen molar-refractivity contribution in [1.82, 2.24) is 4.90 Å². The fourth-order valence-corrected chi connectivity index (χ4v) is 2.35. The Labute approximate surface area is 114 Å². The fraction of sp³-hybridized carbons (Fsp3) is 0.636. The summed E-state index contributed by atoms with van der Waals surface area (Å²) in [7, 11) is 0. The van der Waals surface area contributed by atoms with E-state index >= 15 is 0 Å². The van der Waals surface area contributed by atoms with Crippen molar-refractivity contribution < 1.29 is 24.5 Å². The van der Waals surface area contributed by atoms with Crippen LogP contribution in [0.25, 0.3) is 10.4 Å². The molecule has 9 nitrogen and oxygen atoms in total. The molecule has 1 fully saturated rings. The van der Waals surface area contributed by atoms with Gasteiger partial charge in [0.15, 0.2) is 12.0 Å². The molecule has 20 heavy (non-hydrogen) atoms. The standard InChI is InChI=1S/C11H14N4O5/c1-11(13-14-12)9(19)7(5-16)20-10(11)15-3-2-6(17)4-8(15)18/h2-3,7,9-10,16,19H,4-5H2,1H3/t7-,9-,10-,11-/m1/s1. The number of ether oxygens (including phenoxy) is 1. The van der Waals surface area contributed by atoms with E-state index in [0.717, 1.165) is 4.90 Å². The van der Waals surface area contributed by atoms with Crippen LogP contribution in [0.4, 0.5) is 0 Å². The van der Waals surface area contributed by atoms with Crippen molar-refractivity contribution in [3.8, 4) is 0 Å². The van der Waals surface area contributed by atoms with Gasteiger partial charge in [0.25, 0.3) is 0 Å². The van der Waals surface area contributed by atoms with Crippen LogP contribution in [0.2, 0.25) is 0 Å². The Kier molecular flexibility index (Phi) is 3.78. The highest BCUT2D eigenvalue weighted by Gasteiger charge is 2.55. The average Bonchev–Trinajstić information content (AvgIpc) is 2.63. The van der Waals surface area contributed by atoms with Crippen LogP contribution >= 0.6 is 0 Å². The minimum absolute atomic E-state index is 0.317. The molecule has 0 aromatic rings. The van der Waals surface area contributed by atoms with Crippen LogP contribution < -0.4 is 0 Å². The number of aliphatic hydroxyl groups excluding tert-OH is 2. The Morgan fingerprint density at radius 1 is 1.65 bits per heavy atom. The highest BCUT2D eigenvalue weighted by Crippen LogP contribution is 2.37. The SMILES string of the molecule is C[C@@]1(N=[N+]=[N-])[C@H](O)[C@@H](CO)O[C@H]1N1C=CC(=O)CC1=O. The summed E-state index contributed by atoms with van der Waals surface area (Å²) in [6.07, 6.45) is -1.21. The summed E-state index contributed by atoms with van der Waals surface area (Å²) in [4.78, 5) is 26.8. The predicted molar refractivity (Wildman–Crippen MR) is 64.9 cm³/mol. The molecule has 0 bridgehead atoms. The van der Waals surface area contributed by atoms with E-state index in [2.05, 4.69) is 10.0 Å². The van der Waals surface area contributed by atoms with Gasteiger partial charge < -0.3 is 14.9 Å². The topological polar surface area (TPSA) is 136 Å². The summed E-state index contributed by atoms with van der Waals surface area (Å²) in [6.45, 7) is 0.939. The van der Waals surface area contributed by atoms with Gasteiger partial charge in [-0.05, 0) is 18.5 Å². The highest BCUT2D eigenvalue weighted by molar-refractivity contribution is 6.06. The van der Waals surface area contributed by atoms with Crippen molar-refractivity contribution in [3.63, 3.8) is 0 Å². The summed E-state index contributed by atoms with van der Waals surface area (Å²) in [5.74, 6) is -0.860. The Morgan fingerprint density at radius 3 is 2.90 bits per heavy atom. The van der Waals surface area contributed by atoms with E-state index in [-0.39, 0.29) is 12.2 Å². The van der Waals surface area contributed by atoms with Crippen molar-refractivity contribution >= 4 is 11.7 Å². The molecule has 9 heteroatoms. The first-order valence-electron chi connectivity index (χ1n) is 5.97. The number of ketones is 1. The molecule has 108 valence electrons. The molecule has 2 N–H and O–H groups in total. The fourth-order valence-electron chi connectivity index (χ4n) is 2.35. The van der Waals surface area contributed by atoms with Gasteiger partial charge in [0.05, 0.1) is 19.1 Å². The van der Waals surface area contributed by atoms with Gasteiger partial charge >= 0.3 is 0 Å². The molecule has 2 heterocycles. The monoisotopic (exact) mass is 282 g/mol. The van der Waals surface area contributed by atoms with Gasteiger partial charge in [-0.1, -0.05) is 5.11 Å². The van der Waals surface area contributed by atoms with Crippen LogP contribution in [0.1, 0.15) is 13.3 Å². The van der Waals surface area contributed by atoms with Crippen molar-refractivity contribution in [3.05, 3.63) is 22.7 Å². The second-order valence-electron chi connectivity index (χ2n) is 4.83. The molecule has 0 saturated carbocycles. The average molecular weight is 282 g/mol. The Balaban J connectivity index is 2.38. The van der Waals surface area contributed by atoms with Crippen LogP contribution in [0.3, 0.4) is 0 Å². The van der Waals surface area contributed by atoms with Gasteiger partial charge in [-0.3, -0.25) is 14.5 Å². The Bertz CT molecular complexity index is 515. The van der Waals surface area contributed by atoms with Crippen molar-refractivity contribution in [1.29, 1.82) is 0 Å². The van der Waals surface area contributed by atoms with Gasteiger partial charge in [-0.2, -0.15) is 0 Å². The zero-order valence-electron chi connectivity index (χ0n) is 10.7. The van der Waals surface area contributed by atoms with E-state index in [4.69, 9.17) is 15.4 Å². The zero-order valence-corrected chi connectivity index (χ0v) is 10.7. The summed E-state index contributed by atoms with van der Waals surface area (Å²) < 4.78 is 5.41. The smallest absolute Gasteiger partial charge is 0.236 e. The summed E-state index contributed by atoms with van der Waals surface area (Å²) in [5.41, 5.74) is 7.19. The number of allylic oxidation sites excluding steroid dienone is 1. The first-order valence-corrected chi connectivity index (χ1v) is 5.97. The third-order valence-electron chi connectivity index (χ3n) is 3.48. The van der Waals surface area contributed by atoms with Crippen molar-refractivity contribution in [2.75, 3.05) is 6.61 Å². The molecule has 1 saturated heterocycles. The second kappa shape index (κ2) is 5.22. The molecule has 0 aromatic carbocycles. The highest BCUT2D eigenvalue weighted by atomic mass is 16.6. The van der Waals surface area contributed by atoms with Gasteiger partial charge in [0, 0.05) is 11.1 Å². The first-order chi connectivity index (χ1) is 9.43. The van der Waals surface area contributed by atoms with Crippen LogP contribution in [-0.4, -0.2) is 57.4 Å². The Hall–Kier alpha value is -1.93. The summed E-state index contributed by atoms with van der Waals surface area (Å²) in [5, 5.41) is 22.8. The molecule has 1 amide bonds. The maximum Gasteiger partial charge on any atom is 0.236 e. The number of azide groups is 1. The van der Waals surface area contributed by atoms with Gasteiger partial charge in [0.2, 0.25) is 5.91 Å². The van der Waals surface area contributed by atoms with Gasteiger partial charge in [-0.25, -0.2) is 0 Å². The number of carbonyl (C=O) groups is 2. The van der Waals surface area contributed by atoms with E-state index in [1.54, 1.807) is 0 Å². The number of carbonyl (C=O) groups excluding carboxylic acids is 2. The normalized spacial score (nSPS) is 37.1. The quantitative estimate of drug-likeness (QED) is 0.310. The molecule has 0 radical (unpaired) electrons. The maximum absolute atomic E-state index is 11.9. The van der Waals surface area contributed by atoms with Crippen LogP contribution in [0.5, 0.6) is 0 Å². The largest absolute Gasteiger partial charge is 0.394 e. The predicted octanol–water partition coefficient (Wildman–Crippen LogP) is -0.551. The molecular formula is C11H14N4O5.